The Hall–Kier alpha value is -4.99. The molecular weight excluding hydrogens is 588 g/mol. The molecule has 0 radical (unpaired) electrons. The van der Waals surface area contributed by atoms with E-state index in [-0.39, 0.29) is 11.5 Å². The van der Waals surface area contributed by atoms with Crippen LogP contribution >= 0.6 is 0 Å². The summed E-state index contributed by atoms with van der Waals surface area (Å²) < 4.78 is 0. The Balaban J connectivity index is 0.000000235. The van der Waals surface area contributed by atoms with E-state index in [1.807, 2.05) is 30.5 Å². The molecule has 0 saturated heterocycles. The molecule has 0 fully saturated rings. The van der Waals surface area contributed by atoms with Gasteiger partial charge in [0, 0.05) is 36.4 Å². The summed E-state index contributed by atoms with van der Waals surface area (Å²) in [6, 6.07) is 18.1. The molecular formula is C31H38N4O10. The van der Waals surface area contributed by atoms with Gasteiger partial charge in [0.1, 0.15) is 29.6 Å². The van der Waals surface area contributed by atoms with Gasteiger partial charge in [0.05, 0.1) is 14.2 Å². The highest BCUT2D eigenvalue weighted by Gasteiger charge is 2.18. The molecule has 3 atom stereocenters. The van der Waals surface area contributed by atoms with Crippen molar-refractivity contribution in [3.8, 4) is 11.5 Å². The number of aromatic amines is 1. The zero-order valence-corrected chi connectivity index (χ0v) is 24.7. The molecule has 0 aliphatic heterocycles. The topological polar surface area (TPSA) is 237 Å². The first-order valence-corrected chi connectivity index (χ1v) is 13.6. The maximum atomic E-state index is 10.8. The molecule has 4 rings (SSSR count). The first-order chi connectivity index (χ1) is 21.4. The van der Waals surface area contributed by atoms with E-state index in [0.29, 0.717) is 19.3 Å². The summed E-state index contributed by atoms with van der Waals surface area (Å²) in [7, 11) is 2.74. The lowest BCUT2D eigenvalue weighted by atomic mass is 10.1. The van der Waals surface area contributed by atoms with E-state index < -0.39 is 36.0 Å². The predicted molar refractivity (Wildman–Crippen MR) is 164 cm³/mol. The zero-order chi connectivity index (χ0) is 33.4. The second-order valence-electron chi connectivity index (χ2n) is 9.68. The Morgan fingerprint density at radius 2 is 1.16 bits per heavy atom. The minimum atomic E-state index is -0.982. The number of rotatable bonds is 13. The van der Waals surface area contributed by atoms with Gasteiger partial charge in [0.25, 0.3) is 0 Å². The number of aromatic nitrogens is 1. The molecule has 1 aromatic heterocycles. The maximum absolute atomic E-state index is 10.8. The first kappa shape index (κ1) is 36.2. The number of H-pyrrole nitrogens is 1. The van der Waals surface area contributed by atoms with Crippen LogP contribution < -0.4 is 16.7 Å². The number of carbonyl (C=O) groups is 3. The summed E-state index contributed by atoms with van der Waals surface area (Å²) in [5.74, 6) is -2.62. The van der Waals surface area contributed by atoms with Crippen LogP contribution in [0.1, 0.15) is 16.7 Å². The highest BCUT2D eigenvalue weighted by molar-refractivity contribution is 5.84. The normalized spacial score (nSPS) is 12.5. The number of phenols is 2. The maximum Gasteiger partial charge on any atom is 0.323 e. The summed E-state index contributed by atoms with van der Waals surface area (Å²) in [6.45, 7) is 0. The van der Waals surface area contributed by atoms with E-state index in [1.54, 1.807) is 24.3 Å². The molecule has 0 amide bonds. The highest BCUT2D eigenvalue weighted by atomic mass is 16.6. The third kappa shape index (κ3) is 12.6. The van der Waals surface area contributed by atoms with E-state index >= 15 is 0 Å². The van der Waals surface area contributed by atoms with Crippen molar-refractivity contribution in [1.82, 2.24) is 15.9 Å². The van der Waals surface area contributed by atoms with Crippen molar-refractivity contribution in [1.29, 1.82) is 0 Å². The van der Waals surface area contributed by atoms with Crippen molar-refractivity contribution >= 4 is 28.8 Å². The molecule has 4 aromatic rings. The number of nitrogens with two attached hydrogens (primary N) is 1. The quantitative estimate of drug-likeness (QED) is 0.0969. The number of benzene rings is 3. The largest absolute Gasteiger partial charge is 0.508 e. The minimum Gasteiger partial charge on any atom is -0.508 e. The molecule has 3 aromatic carbocycles. The standard InChI is InChI=1S/C11H12N2O2.2C10H13NO4/c12-9(11(14)15)5-7-6-13-10-4-2-1-3-8(7)10;2*1-15-11-9(10(13)14)6-7-2-4-8(12)5-3-7/h1-4,6,9,13H,5,12H2,(H,14,15);2*2-5,9,11-12H,6H2,1H3,(H,13,14). The lowest BCUT2D eigenvalue weighted by Crippen LogP contribution is -2.37. The molecule has 14 heteroatoms. The van der Waals surface area contributed by atoms with Gasteiger partial charge in [-0.2, -0.15) is 11.0 Å². The average molecular weight is 627 g/mol. The van der Waals surface area contributed by atoms with Crippen molar-refractivity contribution in [3.05, 3.63) is 95.7 Å². The molecule has 0 saturated carbocycles. The number of carboxylic acids is 3. The average Bonchev–Trinajstić information content (AvgIpc) is 3.42. The molecule has 3 unspecified atom stereocenters. The van der Waals surface area contributed by atoms with Crippen molar-refractivity contribution in [2.75, 3.05) is 14.2 Å². The molecule has 45 heavy (non-hydrogen) atoms. The SMILES string of the molecule is CONC(Cc1ccc(O)cc1)C(=O)O.CONC(Cc1ccc(O)cc1)C(=O)O.NC(Cc1c[nH]c2ccccc12)C(=O)O. The van der Waals surface area contributed by atoms with Gasteiger partial charge in [-0.25, -0.2) is 0 Å². The fourth-order valence-corrected chi connectivity index (χ4v) is 4.00. The fraction of sp³-hybridized carbons (Fsp3) is 0.258. The van der Waals surface area contributed by atoms with Crippen LogP contribution in [0.15, 0.2) is 79.0 Å². The van der Waals surface area contributed by atoms with Crippen LogP contribution in [0.25, 0.3) is 10.9 Å². The van der Waals surface area contributed by atoms with E-state index in [2.05, 4.69) is 25.6 Å². The lowest BCUT2D eigenvalue weighted by molar-refractivity contribution is -0.144. The molecule has 0 aliphatic rings. The number of nitrogens with one attached hydrogen (secondary N) is 3. The Bertz CT molecular complexity index is 1430. The van der Waals surface area contributed by atoms with Crippen molar-refractivity contribution < 1.29 is 49.6 Å². The third-order valence-electron chi connectivity index (χ3n) is 6.30. The summed E-state index contributed by atoms with van der Waals surface area (Å²) >= 11 is 0. The molecule has 1 heterocycles. The van der Waals surface area contributed by atoms with E-state index in [0.717, 1.165) is 27.6 Å². The molecule has 14 nitrogen and oxygen atoms in total. The number of fused-ring (bicyclic) bond motifs is 1. The molecule has 242 valence electrons. The number of hydrogen-bond donors (Lipinski definition) is 9. The van der Waals surface area contributed by atoms with Gasteiger partial charge in [-0.3, -0.25) is 14.4 Å². The van der Waals surface area contributed by atoms with Gasteiger partial charge < -0.3 is 45.9 Å². The second-order valence-corrected chi connectivity index (χ2v) is 9.68. The smallest absolute Gasteiger partial charge is 0.323 e. The number of hydrogen-bond acceptors (Lipinski definition) is 10. The Labute approximate surface area is 258 Å². The van der Waals surface area contributed by atoms with E-state index in [1.165, 1.54) is 38.5 Å². The molecule has 0 aliphatic carbocycles. The molecule has 0 bridgehead atoms. The van der Waals surface area contributed by atoms with E-state index in [4.69, 9.17) is 31.3 Å². The van der Waals surface area contributed by atoms with Gasteiger partial charge >= 0.3 is 17.9 Å². The van der Waals surface area contributed by atoms with Crippen LogP contribution in [0.4, 0.5) is 0 Å². The minimum absolute atomic E-state index is 0.158. The highest BCUT2D eigenvalue weighted by Crippen LogP contribution is 2.18. The Morgan fingerprint density at radius 3 is 1.56 bits per heavy atom. The summed E-state index contributed by atoms with van der Waals surface area (Å²) in [6.07, 6.45) is 2.75. The lowest BCUT2D eigenvalue weighted by Gasteiger charge is -2.12. The fourth-order valence-electron chi connectivity index (χ4n) is 4.00. The van der Waals surface area contributed by atoms with Crippen molar-refractivity contribution in [2.45, 2.75) is 37.4 Å². The molecule has 10 N–H and O–H groups in total. The van der Waals surface area contributed by atoms with Crippen LogP contribution in [0, 0.1) is 0 Å². The van der Waals surface area contributed by atoms with Crippen LogP contribution in [-0.4, -0.2) is 80.8 Å². The number of aliphatic carboxylic acids is 3. The van der Waals surface area contributed by atoms with Gasteiger partial charge in [-0.15, -0.1) is 0 Å². The second kappa shape index (κ2) is 18.6. The monoisotopic (exact) mass is 626 g/mol. The van der Waals surface area contributed by atoms with Crippen molar-refractivity contribution in [3.63, 3.8) is 0 Å². The van der Waals surface area contributed by atoms with Crippen LogP contribution in [0.2, 0.25) is 0 Å². The zero-order valence-electron chi connectivity index (χ0n) is 24.7. The predicted octanol–water partition coefficient (Wildman–Crippen LogP) is 2.20. The number of carboxylic acid groups (broad SMARTS) is 3. The summed E-state index contributed by atoms with van der Waals surface area (Å²) in [5, 5.41) is 45.5. The molecule has 0 spiro atoms. The summed E-state index contributed by atoms with van der Waals surface area (Å²) in [4.78, 5) is 44.4. The van der Waals surface area contributed by atoms with Gasteiger partial charge in [0.15, 0.2) is 0 Å². The Kier molecular flexibility index (Phi) is 15.0. The van der Waals surface area contributed by atoms with E-state index in [9.17, 15) is 14.4 Å². The first-order valence-electron chi connectivity index (χ1n) is 13.6. The number of hydroxylamine groups is 2. The van der Waals surface area contributed by atoms with Gasteiger partial charge in [-0.1, -0.05) is 42.5 Å². The van der Waals surface area contributed by atoms with Crippen LogP contribution in [0.3, 0.4) is 0 Å². The third-order valence-corrected chi connectivity index (χ3v) is 6.30. The number of para-hydroxylation sites is 1. The van der Waals surface area contributed by atoms with Gasteiger partial charge in [-0.05, 0) is 47.0 Å². The van der Waals surface area contributed by atoms with Crippen molar-refractivity contribution in [2.24, 2.45) is 5.73 Å². The number of phenolic OH excluding ortho intramolecular Hbond substituents is 2. The van der Waals surface area contributed by atoms with Crippen LogP contribution in [-0.2, 0) is 43.3 Å². The number of aromatic hydroxyl groups is 2. The summed E-state index contributed by atoms with van der Waals surface area (Å²) in [5.41, 5.74) is 13.8. The van der Waals surface area contributed by atoms with Crippen LogP contribution in [0.5, 0.6) is 11.5 Å². The van der Waals surface area contributed by atoms with Gasteiger partial charge in [0.2, 0.25) is 0 Å². The Morgan fingerprint density at radius 1 is 0.711 bits per heavy atom.